The van der Waals surface area contributed by atoms with Gasteiger partial charge in [-0.05, 0) is 44.4 Å². The van der Waals surface area contributed by atoms with Crippen molar-refractivity contribution in [2.45, 2.75) is 32.8 Å². The van der Waals surface area contributed by atoms with E-state index in [1.165, 1.54) is 0 Å². The molecule has 1 fully saturated rings. The SMILES string of the molecule is CCNc1cc(C)ccc1C(=O)N1CCC(OC)CC1. The normalized spacial score (nSPS) is 16.2. The van der Waals surface area contributed by atoms with Crippen LogP contribution in [-0.4, -0.2) is 43.7 Å². The van der Waals surface area contributed by atoms with Crippen LogP contribution in [0.2, 0.25) is 0 Å². The minimum absolute atomic E-state index is 0.121. The van der Waals surface area contributed by atoms with Gasteiger partial charge >= 0.3 is 0 Å². The zero-order chi connectivity index (χ0) is 14.5. The molecule has 0 saturated carbocycles. The maximum atomic E-state index is 12.6. The number of carbonyl (C=O) groups excluding carboxylic acids is 1. The van der Waals surface area contributed by atoms with Gasteiger partial charge in [-0.1, -0.05) is 6.07 Å². The van der Waals surface area contributed by atoms with Gasteiger partial charge in [-0.2, -0.15) is 0 Å². The monoisotopic (exact) mass is 276 g/mol. The van der Waals surface area contributed by atoms with Gasteiger partial charge < -0.3 is 15.0 Å². The highest BCUT2D eigenvalue weighted by Crippen LogP contribution is 2.22. The van der Waals surface area contributed by atoms with E-state index >= 15 is 0 Å². The summed E-state index contributed by atoms with van der Waals surface area (Å²) in [6.07, 6.45) is 2.14. The quantitative estimate of drug-likeness (QED) is 0.919. The Hall–Kier alpha value is -1.55. The first-order chi connectivity index (χ1) is 9.65. The van der Waals surface area contributed by atoms with Crippen LogP contribution in [-0.2, 0) is 4.74 Å². The lowest BCUT2D eigenvalue weighted by Crippen LogP contribution is -2.40. The van der Waals surface area contributed by atoms with E-state index in [2.05, 4.69) is 5.32 Å². The van der Waals surface area contributed by atoms with Crippen LogP contribution in [0.25, 0.3) is 0 Å². The Morgan fingerprint density at radius 2 is 2.10 bits per heavy atom. The summed E-state index contributed by atoms with van der Waals surface area (Å²) in [4.78, 5) is 14.6. The third kappa shape index (κ3) is 3.31. The van der Waals surface area contributed by atoms with E-state index in [0.29, 0.717) is 6.10 Å². The lowest BCUT2D eigenvalue weighted by molar-refractivity contribution is 0.0351. The predicted octanol–water partition coefficient (Wildman–Crippen LogP) is 2.68. The number of hydrogen-bond donors (Lipinski definition) is 1. The maximum Gasteiger partial charge on any atom is 0.255 e. The summed E-state index contributed by atoms with van der Waals surface area (Å²) in [5.74, 6) is 0.121. The Morgan fingerprint density at radius 3 is 2.70 bits per heavy atom. The second-order valence-electron chi connectivity index (χ2n) is 5.31. The molecule has 0 radical (unpaired) electrons. The molecule has 1 heterocycles. The van der Waals surface area contributed by atoms with Crippen molar-refractivity contribution in [3.8, 4) is 0 Å². The number of nitrogens with zero attached hydrogens (tertiary/aromatic N) is 1. The first-order valence-corrected chi connectivity index (χ1v) is 7.32. The molecule has 1 aromatic rings. The van der Waals surface area contributed by atoms with Crippen LogP contribution in [0.4, 0.5) is 5.69 Å². The highest BCUT2D eigenvalue weighted by Gasteiger charge is 2.24. The molecule has 1 aliphatic rings. The molecule has 20 heavy (non-hydrogen) atoms. The number of methoxy groups -OCH3 is 1. The average molecular weight is 276 g/mol. The topological polar surface area (TPSA) is 41.6 Å². The van der Waals surface area contributed by atoms with Gasteiger partial charge in [-0.25, -0.2) is 0 Å². The van der Waals surface area contributed by atoms with Crippen molar-refractivity contribution in [1.29, 1.82) is 0 Å². The fourth-order valence-electron chi connectivity index (χ4n) is 2.65. The number of anilines is 1. The van der Waals surface area contributed by atoms with Gasteiger partial charge in [-0.15, -0.1) is 0 Å². The van der Waals surface area contributed by atoms with E-state index in [1.807, 2.05) is 36.9 Å². The Kier molecular flexibility index (Phi) is 5.01. The van der Waals surface area contributed by atoms with Crippen LogP contribution in [0.3, 0.4) is 0 Å². The van der Waals surface area contributed by atoms with E-state index < -0.39 is 0 Å². The molecule has 0 bridgehead atoms. The summed E-state index contributed by atoms with van der Waals surface area (Å²) in [7, 11) is 1.74. The zero-order valence-corrected chi connectivity index (χ0v) is 12.6. The van der Waals surface area contributed by atoms with Crippen LogP contribution in [0, 0.1) is 6.92 Å². The third-order valence-electron chi connectivity index (χ3n) is 3.84. The van der Waals surface area contributed by atoms with Gasteiger partial charge in [0.2, 0.25) is 0 Å². The maximum absolute atomic E-state index is 12.6. The molecular formula is C16H24N2O2. The molecule has 0 aliphatic carbocycles. The Morgan fingerprint density at radius 1 is 1.40 bits per heavy atom. The van der Waals surface area contributed by atoms with Crippen LogP contribution < -0.4 is 5.32 Å². The standard InChI is InChI=1S/C16H24N2O2/c1-4-17-15-11-12(2)5-6-14(15)16(19)18-9-7-13(20-3)8-10-18/h5-6,11,13,17H,4,7-10H2,1-3H3. The van der Waals surface area contributed by atoms with Crippen molar-refractivity contribution in [2.24, 2.45) is 0 Å². The van der Waals surface area contributed by atoms with Crippen LogP contribution >= 0.6 is 0 Å². The van der Waals surface area contributed by atoms with Gasteiger partial charge in [0.25, 0.3) is 5.91 Å². The highest BCUT2D eigenvalue weighted by atomic mass is 16.5. The average Bonchev–Trinajstić information content (AvgIpc) is 2.47. The van der Waals surface area contributed by atoms with E-state index in [9.17, 15) is 4.79 Å². The van der Waals surface area contributed by atoms with Crippen molar-refractivity contribution in [2.75, 3.05) is 32.1 Å². The first-order valence-electron chi connectivity index (χ1n) is 7.32. The fraction of sp³-hybridized carbons (Fsp3) is 0.562. The van der Waals surface area contributed by atoms with E-state index in [1.54, 1.807) is 7.11 Å². The molecule has 2 rings (SSSR count). The molecule has 0 spiro atoms. The number of nitrogens with one attached hydrogen (secondary N) is 1. The Bertz CT molecular complexity index is 466. The van der Waals surface area contributed by atoms with Crippen LogP contribution in [0.15, 0.2) is 18.2 Å². The lowest BCUT2D eigenvalue weighted by atomic mass is 10.0. The second-order valence-corrected chi connectivity index (χ2v) is 5.31. The number of ether oxygens (including phenoxy) is 1. The van der Waals surface area contributed by atoms with Gasteiger partial charge in [-0.3, -0.25) is 4.79 Å². The molecular weight excluding hydrogens is 252 g/mol. The molecule has 0 unspecified atom stereocenters. The molecule has 1 amide bonds. The minimum atomic E-state index is 0.121. The molecule has 0 aromatic heterocycles. The van der Waals surface area contributed by atoms with E-state index in [0.717, 1.165) is 49.3 Å². The van der Waals surface area contributed by atoms with Crippen molar-refractivity contribution in [3.05, 3.63) is 29.3 Å². The largest absolute Gasteiger partial charge is 0.385 e. The van der Waals surface area contributed by atoms with E-state index in [4.69, 9.17) is 4.74 Å². The molecule has 1 saturated heterocycles. The van der Waals surface area contributed by atoms with Crippen LogP contribution in [0.5, 0.6) is 0 Å². The molecule has 4 heteroatoms. The lowest BCUT2D eigenvalue weighted by Gasteiger charge is -2.31. The summed E-state index contributed by atoms with van der Waals surface area (Å²) in [6.45, 7) is 6.45. The number of rotatable bonds is 4. The predicted molar refractivity (Wildman–Crippen MR) is 81.3 cm³/mol. The number of likely N-dealkylation sites (tertiary alicyclic amines) is 1. The van der Waals surface area contributed by atoms with Crippen molar-refractivity contribution in [1.82, 2.24) is 4.90 Å². The summed E-state index contributed by atoms with van der Waals surface area (Å²) >= 11 is 0. The van der Waals surface area contributed by atoms with Gasteiger partial charge in [0.05, 0.1) is 11.7 Å². The van der Waals surface area contributed by atoms with Crippen molar-refractivity contribution in [3.63, 3.8) is 0 Å². The zero-order valence-electron chi connectivity index (χ0n) is 12.6. The van der Waals surface area contributed by atoms with E-state index in [-0.39, 0.29) is 5.91 Å². The summed E-state index contributed by atoms with van der Waals surface area (Å²) < 4.78 is 5.35. The number of carbonyl (C=O) groups is 1. The van der Waals surface area contributed by atoms with Gasteiger partial charge in [0.1, 0.15) is 0 Å². The number of hydrogen-bond acceptors (Lipinski definition) is 3. The molecule has 110 valence electrons. The Balaban J connectivity index is 2.13. The molecule has 1 N–H and O–H groups in total. The first kappa shape index (κ1) is 14.9. The minimum Gasteiger partial charge on any atom is -0.385 e. The molecule has 0 atom stereocenters. The molecule has 1 aliphatic heterocycles. The van der Waals surface area contributed by atoms with Gasteiger partial charge in [0.15, 0.2) is 0 Å². The number of aryl methyl sites for hydroxylation is 1. The second kappa shape index (κ2) is 6.75. The number of benzene rings is 1. The fourth-order valence-corrected chi connectivity index (χ4v) is 2.65. The van der Waals surface area contributed by atoms with Crippen molar-refractivity contribution < 1.29 is 9.53 Å². The van der Waals surface area contributed by atoms with Crippen molar-refractivity contribution >= 4 is 11.6 Å². The number of amides is 1. The molecule has 4 nitrogen and oxygen atoms in total. The summed E-state index contributed by atoms with van der Waals surface area (Å²) in [6, 6.07) is 5.96. The summed E-state index contributed by atoms with van der Waals surface area (Å²) in [5.41, 5.74) is 2.87. The van der Waals surface area contributed by atoms with Crippen LogP contribution in [0.1, 0.15) is 35.7 Å². The summed E-state index contributed by atoms with van der Waals surface area (Å²) in [5, 5.41) is 3.28. The van der Waals surface area contributed by atoms with Gasteiger partial charge in [0, 0.05) is 32.4 Å². The smallest absolute Gasteiger partial charge is 0.255 e. The highest BCUT2D eigenvalue weighted by molar-refractivity contribution is 5.99. The third-order valence-corrected chi connectivity index (χ3v) is 3.84. The molecule has 1 aromatic carbocycles. The Labute approximate surface area is 121 Å². The number of piperidine rings is 1.